The first-order valence-electron chi connectivity index (χ1n) is 9.65. The normalized spacial score (nSPS) is 10.9. The summed E-state index contributed by atoms with van der Waals surface area (Å²) in [7, 11) is 6.53. The van der Waals surface area contributed by atoms with Gasteiger partial charge in [0.2, 0.25) is 5.91 Å². The molecular formula is C22H22N4O5S. The highest BCUT2D eigenvalue weighted by molar-refractivity contribution is 7.99. The SMILES string of the molecule is COc1ccc(NC(=O)CSc2nnc(-c3cc4cccc(OC)c4o3)n2C)c(OC)c1. The zero-order valence-corrected chi connectivity index (χ0v) is 18.9. The number of thioether (sulfide) groups is 1. The van der Waals surface area contributed by atoms with Crippen LogP contribution in [-0.4, -0.2) is 47.8 Å². The van der Waals surface area contributed by atoms with Crippen LogP contribution in [0.3, 0.4) is 0 Å². The quantitative estimate of drug-likeness (QED) is 0.399. The summed E-state index contributed by atoms with van der Waals surface area (Å²) in [5.74, 6) is 2.89. The number of aromatic nitrogens is 3. The van der Waals surface area contributed by atoms with Crippen molar-refractivity contribution in [2.75, 3.05) is 32.4 Å². The van der Waals surface area contributed by atoms with E-state index in [2.05, 4.69) is 15.5 Å². The van der Waals surface area contributed by atoms with Crippen molar-refractivity contribution in [1.82, 2.24) is 14.8 Å². The summed E-state index contributed by atoms with van der Waals surface area (Å²) in [6, 6.07) is 12.8. The minimum Gasteiger partial charge on any atom is -0.497 e. The third-order valence-electron chi connectivity index (χ3n) is 4.80. The van der Waals surface area contributed by atoms with Gasteiger partial charge in [-0.1, -0.05) is 23.9 Å². The molecule has 4 rings (SSSR count). The Hall–Kier alpha value is -3.66. The molecule has 2 aromatic heterocycles. The first kappa shape index (κ1) is 21.6. The minimum atomic E-state index is -0.198. The van der Waals surface area contributed by atoms with E-state index < -0.39 is 0 Å². The summed E-state index contributed by atoms with van der Waals surface area (Å²) in [4.78, 5) is 12.5. The first-order chi connectivity index (χ1) is 15.5. The number of carbonyl (C=O) groups excluding carboxylic acids is 1. The summed E-state index contributed by atoms with van der Waals surface area (Å²) in [6.45, 7) is 0. The van der Waals surface area contributed by atoms with Crippen molar-refractivity contribution in [3.8, 4) is 28.8 Å². The number of para-hydroxylation sites is 1. The zero-order valence-electron chi connectivity index (χ0n) is 18.0. The number of amides is 1. The number of fused-ring (bicyclic) bond motifs is 1. The Morgan fingerprint density at radius 1 is 1.06 bits per heavy atom. The molecule has 0 saturated heterocycles. The molecule has 2 aromatic carbocycles. The topological polar surface area (TPSA) is 101 Å². The lowest BCUT2D eigenvalue weighted by Crippen LogP contribution is -2.15. The van der Waals surface area contributed by atoms with Gasteiger partial charge in [0.15, 0.2) is 28.1 Å². The number of nitrogens with zero attached hydrogens (tertiary/aromatic N) is 3. The lowest BCUT2D eigenvalue weighted by Gasteiger charge is -2.11. The third-order valence-corrected chi connectivity index (χ3v) is 5.82. The maximum atomic E-state index is 12.5. The molecule has 0 aliphatic carbocycles. The first-order valence-corrected chi connectivity index (χ1v) is 10.6. The molecule has 0 fully saturated rings. The van der Waals surface area contributed by atoms with E-state index >= 15 is 0 Å². The van der Waals surface area contributed by atoms with E-state index in [1.807, 2.05) is 31.3 Å². The van der Waals surface area contributed by atoms with Crippen LogP contribution in [0.5, 0.6) is 17.2 Å². The van der Waals surface area contributed by atoms with Gasteiger partial charge < -0.3 is 28.5 Å². The molecule has 0 aliphatic rings. The Labute approximate surface area is 188 Å². The molecule has 0 radical (unpaired) electrons. The number of furan rings is 1. The lowest BCUT2D eigenvalue weighted by molar-refractivity contribution is -0.113. The molecule has 2 heterocycles. The number of benzene rings is 2. The molecule has 0 spiro atoms. The van der Waals surface area contributed by atoms with Gasteiger partial charge in [0, 0.05) is 18.5 Å². The van der Waals surface area contributed by atoms with E-state index in [1.165, 1.54) is 18.9 Å². The number of anilines is 1. The molecule has 0 aliphatic heterocycles. The van der Waals surface area contributed by atoms with Crippen molar-refractivity contribution < 1.29 is 23.4 Å². The second kappa shape index (κ2) is 9.23. The van der Waals surface area contributed by atoms with Gasteiger partial charge in [0.05, 0.1) is 32.8 Å². The maximum Gasteiger partial charge on any atom is 0.234 e. The van der Waals surface area contributed by atoms with Gasteiger partial charge in [-0.3, -0.25) is 4.79 Å². The fourth-order valence-electron chi connectivity index (χ4n) is 3.18. The van der Waals surface area contributed by atoms with Crippen molar-refractivity contribution >= 4 is 34.3 Å². The minimum absolute atomic E-state index is 0.148. The molecule has 1 amide bonds. The highest BCUT2D eigenvalue weighted by atomic mass is 32.2. The monoisotopic (exact) mass is 454 g/mol. The van der Waals surface area contributed by atoms with Crippen molar-refractivity contribution in [3.05, 3.63) is 42.5 Å². The summed E-state index contributed by atoms with van der Waals surface area (Å²) in [6.07, 6.45) is 0. The number of nitrogens with one attached hydrogen (secondary N) is 1. The Morgan fingerprint density at radius 2 is 1.88 bits per heavy atom. The molecular weight excluding hydrogens is 432 g/mol. The van der Waals surface area contributed by atoms with Crippen LogP contribution in [0.25, 0.3) is 22.6 Å². The van der Waals surface area contributed by atoms with Crippen LogP contribution < -0.4 is 19.5 Å². The predicted molar refractivity (Wildman–Crippen MR) is 122 cm³/mol. The van der Waals surface area contributed by atoms with Gasteiger partial charge in [-0.05, 0) is 24.3 Å². The van der Waals surface area contributed by atoms with Gasteiger partial charge in [0.25, 0.3) is 0 Å². The van der Waals surface area contributed by atoms with Crippen LogP contribution in [-0.2, 0) is 11.8 Å². The van der Waals surface area contributed by atoms with E-state index in [4.69, 9.17) is 18.6 Å². The molecule has 10 heteroatoms. The van der Waals surface area contributed by atoms with Gasteiger partial charge in [-0.25, -0.2) is 0 Å². The molecule has 1 N–H and O–H groups in total. The van der Waals surface area contributed by atoms with Crippen LogP contribution in [0.4, 0.5) is 5.69 Å². The van der Waals surface area contributed by atoms with Crippen LogP contribution >= 0.6 is 11.8 Å². The number of carbonyl (C=O) groups is 1. The largest absolute Gasteiger partial charge is 0.497 e. The van der Waals surface area contributed by atoms with E-state index in [1.54, 1.807) is 37.0 Å². The summed E-state index contributed by atoms with van der Waals surface area (Å²) < 4.78 is 23.6. The zero-order chi connectivity index (χ0) is 22.7. The Morgan fingerprint density at radius 3 is 2.62 bits per heavy atom. The number of hydrogen-bond acceptors (Lipinski definition) is 8. The third kappa shape index (κ3) is 4.22. The highest BCUT2D eigenvalue weighted by Crippen LogP contribution is 2.33. The van der Waals surface area contributed by atoms with Gasteiger partial charge >= 0.3 is 0 Å². The predicted octanol–water partition coefficient (Wildman–Crippen LogP) is 3.98. The molecule has 4 aromatic rings. The van der Waals surface area contributed by atoms with Gasteiger partial charge in [-0.2, -0.15) is 0 Å². The standard InChI is InChI=1S/C22H22N4O5S/c1-26-21(18-10-13-6-5-7-16(29-3)20(13)31-18)24-25-22(26)32-12-19(27)23-15-9-8-14(28-2)11-17(15)30-4/h5-11H,12H2,1-4H3,(H,23,27). The Bertz CT molecular complexity index is 1270. The van der Waals surface area contributed by atoms with Crippen LogP contribution in [0.2, 0.25) is 0 Å². The maximum absolute atomic E-state index is 12.5. The second-order valence-electron chi connectivity index (χ2n) is 6.76. The van der Waals surface area contributed by atoms with Crippen molar-refractivity contribution in [1.29, 1.82) is 0 Å². The van der Waals surface area contributed by atoms with Gasteiger partial charge in [-0.15, -0.1) is 10.2 Å². The summed E-state index contributed by atoms with van der Waals surface area (Å²) >= 11 is 1.27. The second-order valence-corrected chi connectivity index (χ2v) is 7.70. The van der Waals surface area contributed by atoms with Crippen molar-refractivity contribution in [3.63, 3.8) is 0 Å². The molecule has 0 unspecified atom stereocenters. The summed E-state index contributed by atoms with van der Waals surface area (Å²) in [5.41, 5.74) is 1.21. The fourth-order valence-corrected chi connectivity index (χ4v) is 3.89. The van der Waals surface area contributed by atoms with Crippen molar-refractivity contribution in [2.45, 2.75) is 5.16 Å². The lowest BCUT2D eigenvalue weighted by atomic mass is 10.2. The van der Waals surface area contributed by atoms with E-state index in [9.17, 15) is 4.79 Å². The van der Waals surface area contributed by atoms with Gasteiger partial charge in [0.1, 0.15) is 11.5 Å². The molecule has 166 valence electrons. The average Bonchev–Trinajstić information content (AvgIpc) is 3.40. The van der Waals surface area contributed by atoms with Crippen LogP contribution in [0, 0.1) is 0 Å². The Kier molecular flexibility index (Phi) is 6.22. The highest BCUT2D eigenvalue weighted by Gasteiger charge is 2.18. The number of ether oxygens (including phenoxy) is 3. The number of hydrogen-bond donors (Lipinski definition) is 1. The average molecular weight is 455 g/mol. The molecule has 32 heavy (non-hydrogen) atoms. The summed E-state index contributed by atoms with van der Waals surface area (Å²) in [5, 5.41) is 12.8. The number of rotatable bonds is 8. The van der Waals surface area contributed by atoms with E-state index in [0.717, 1.165) is 5.39 Å². The molecule has 0 atom stereocenters. The van der Waals surface area contributed by atoms with Crippen molar-refractivity contribution in [2.24, 2.45) is 7.05 Å². The molecule has 9 nitrogen and oxygen atoms in total. The van der Waals surface area contributed by atoms with E-state index in [0.29, 0.717) is 45.3 Å². The van der Waals surface area contributed by atoms with Crippen LogP contribution in [0.1, 0.15) is 0 Å². The molecule has 0 saturated carbocycles. The van der Waals surface area contributed by atoms with E-state index in [-0.39, 0.29) is 11.7 Å². The molecule has 0 bridgehead atoms. The van der Waals surface area contributed by atoms with Crippen LogP contribution in [0.15, 0.2) is 52.0 Å². The fraction of sp³-hybridized carbons (Fsp3) is 0.227. The Balaban J connectivity index is 1.46. The number of methoxy groups -OCH3 is 3. The smallest absolute Gasteiger partial charge is 0.234 e.